The van der Waals surface area contributed by atoms with Crippen molar-refractivity contribution in [3.63, 3.8) is 0 Å². The molecule has 26 heavy (non-hydrogen) atoms. The van der Waals surface area contributed by atoms with Crippen LogP contribution in [-0.4, -0.2) is 19.5 Å². The molecule has 0 spiro atoms. The average Bonchev–Trinajstić information content (AvgIpc) is 2.92. The average molecular weight is 377 g/mol. The van der Waals surface area contributed by atoms with Gasteiger partial charge in [-0.3, -0.25) is 4.57 Å². The summed E-state index contributed by atoms with van der Waals surface area (Å²) in [5.41, 5.74) is 0.576. The van der Waals surface area contributed by atoms with Crippen LogP contribution in [-0.2, 0) is 6.18 Å². The number of aryl methyl sites for hydroxylation is 2. The molecule has 0 aliphatic heterocycles. The van der Waals surface area contributed by atoms with E-state index >= 15 is 0 Å². The van der Waals surface area contributed by atoms with Crippen LogP contribution < -0.4 is 0 Å². The molecule has 0 aliphatic carbocycles. The third-order valence-electron chi connectivity index (χ3n) is 3.46. The second-order valence-corrected chi connectivity index (χ2v) is 5.90. The Hall–Kier alpha value is -2.85. The molecule has 0 radical (unpaired) electrons. The SMILES string of the molecule is Cc1cc(C(F)(F)F)cc(-n2cc(C#Cc3ccnc(Cl)c3)nc2C)n1. The minimum atomic E-state index is -4.44. The molecule has 0 aliphatic rings. The largest absolute Gasteiger partial charge is 0.416 e. The van der Waals surface area contributed by atoms with Crippen molar-refractivity contribution in [3.05, 3.63) is 70.2 Å². The van der Waals surface area contributed by atoms with Gasteiger partial charge in [-0.1, -0.05) is 17.5 Å². The van der Waals surface area contributed by atoms with Gasteiger partial charge in [0.25, 0.3) is 0 Å². The molecule has 0 unspecified atom stereocenters. The number of nitrogens with zero attached hydrogens (tertiary/aromatic N) is 4. The van der Waals surface area contributed by atoms with Gasteiger partial charge in [-0.25, -0.2) is 15.0 Å². The van der Waals surface area contributed by atoms with Crippen molar-refractivity contribution < 1.29 is 13.2 Å². The molecule has 3 aromatic heterocycles. The van der Waals surface area contributed by atoms with Crippen molar-refractivity contribution in [3.8, 4) is 17.7 Å². The van der Waals surface area contributed by atoms with E-state index in [1.807, 2.05) is 0 Å². The van der Waals surface area contributed by atoms with Crippen LogP contribution in [0.25, 0.3) is 5.82 Å². The van der Waals surface area contributed by atoms with Crippen molar-refractivity contribution in [1.82, 2.24) is 19.5 Å². The standard InChI is InChI=1S/C18H12ClF3N4/c1-11-7-14(18(20,21)22)9-17(24-11)26-10-15(25-12(26)2)4-3-13-5-6-23-16(19)8-13/h5-10H,1-2H3. The number of pyridine rings is 2. The Morgan fingerprint density at radius 3 is 2.54 bits per heavy atom. The third kappa shape index (κ3) is 4.03. The van der Waals surface area contributed by atoms with Gasteiger partial charge in [-0.05, 0) is 44.0 Å². The van der Waals surface area contributed by atoms with Crippen LogP contribution in [0.3, 0.4) is 0 Å². The van der Waals surface area contributed by atoms with E-state index in [0.29, 0.717) is 22.2 Å². The summed E-state index contributed by atoms with van der Waals surface area (Å²) < 4.78 is 40.5. The van der Waals surface area contributed by atoms with Crippen molar-refractivity contribution >= 4 is 11.6 Å². The zero-order valence-electron chi connectivity index (χ0n) is 13.8. The van der Waals surface area contributed by atoms with Gasteiger partial charge in [0.05, 0.1) is 5.56 Å². The number of aromatic nitrogens is 4. The number of hydrogen-bond donors (Lipinski definition) is 0. The van der Waals surface area contributed by atoms with Gasteiger partial charge in [0.1, 0.15) is 22.5 Å². The summed E-state index contributed by atoms with van der Waals surface area (Å²) in [6.07, 6.45) is -1.36. The summed E-state index contributed by atoms with van der Waals surface area (Å²) in [6.45, 7) is 3.19. The highest BCUT2D eigenvalue weighted by atomic mass is 35.5. The molecule has 0 N–H and O–H groups in total. The predicted molar refractivity (Wildman–Crippen MR) is 91.1 cm³/mol. The van der Waals surface area contributed by atoms with Crippen molar-refractivity contribution in [1.29, 1.82) is 0 Å². The lowest BCUT2D eigenvalue weighted by atomic mass is 10.2. The van der Waals surface area contributed by atoms with Gasteiger partial charge in [0, 0.05) is 23.7 Å². The van der Waals surface area contributed by atoms with E-state index < -0.39 is 11.7 Å². The number of halogens is 4. The highest BCUT2D eigenvalue weighted by molar-refractivity contribution is 6.29. The number of alkyl halides is 3. The van der Waals surface area contributed by atoms with Gasteiger partial charge < -0.3 is 0 Å². The predicted octanol–water partition coefficient (Wildman–Crippen LogP) is 4.35. The quantitative estimate of drug-likeness (QED) is 0.468. The Bertz CT molecular complexity index is 1030. The molecule has 3 heterocycles. The van der Waals surface area contributed by atoms with Crippen molar-refractivity contribution in [2.75, 3.05) is 0 Å². The lowest BCUT2D eigenvalue weighted by molar-refractivity contribution is -0.137. The molecular weight excluding hydrogens is 365 g/mol. The van der Waals surface area contributed by atoms with Crippen LogP contribution in [0.5, 0.6) is 0 Å². The first-order valence-corrected chi connectivity index (χ1v) is 7.86. The Morgan fingerprint density at radius 1 is 1.08 bits per heavy atom. The fourth-order valence-corrected chi connectivity index (χ4v) is 2.49. The first-order chi connectivity index (χ1) is 12.2. The van der Waals surface area contributed by atoms with E-state index in [0.717, 1.165) is 12.1 Å². The maximum Gasteiger partial charge on any atom is 0.416 e. The minimum Gasteiger partial charge on any atom is -0.287 e. The van der Waals surface area contributed by atoms with Crippen LogP contribution >= 0.6 is 11.6 Å². The summed E-state index contributed by atoms with van der Waals surface area (Å²) in [7, 11) is 0. The summed E-state index contributed by atoms with van der Waals surface area (Å²) >= 11 is 5.80. The van der Waals surface area contributed by atoms with E-state index in [2.05, 4.69) is 26.8 Å². The molecule has 132 valence electrons. The molecular formula is C18H12ClF3N4. The Kier molecular flexibility index (Phi) is 4.70. The minimum absolute atomic E-state index is 0.141. The second kappa shape index (κ2) is 6.81. The first kappa shape index (κ1) is 18.0. The molecule has 0 atom stereocenters. The van der Waals surface area contributed by atoms with E-state index in [4.69, 9.17) is 11.6 Å². The lowest BCUT2D eigenvalue weighted by Gasteiger charge is -2.11. The lowest BCUT2D eigenvalue weighted by Crippen LogP contribution is -2.09. The normalized spacial score (nSPS) is 11.2. The number of hydrogen-bond acceptors (Lipinski definition) is 3. The molecule has 0 saturated carbocycles. The fraction of sp³-hybridized carbons (Fsp3) is 0.167. The molecule has 0 saturated heterocycles. The monoisotopic (exact) mass is 376 g/mol. The smallest absolute Gasteiger partial charge is 0.287 e. The zero-order chi connectivity index (χ0) is 18.9. The second-order valence-electron chi connectivity index (χ2n) is 5.51. The van der Waals surface area contributed by atoms with E-state index in [9.17, 15) is 13.2 Å². The topological polar surface area (TPSA) is 43.6 Å². The van der Waals surface area contributed by atoms with E-state index in [1.54, 1.807) is 25.3 Å². The summed E-state index contributed by atoms with van der Waals surface area (Å²) in [6, 6.07) is 5.29. The maximum absolute atomic E-state index is 13.0. The third-order valence-corrected chi connectivity index (χ3v) is 3.66. The Balaban J connectivity index is 1.98. The molecule has 0 aromatic carbocycles. The fourth-order valence-electron chi connectivity index (χ4n) is 2.32. The molecule has 0 bridgehead atoms. The van der Waals surface area contributed by atoms with Crippen LogP contribution in [0.4, 0.5) is 13.2 Å². The van der Waals surface area contributed by atoms with Crippen molar-refractivity contribution in [2.24, 2.45) is 0 Å². The summed E-state index contributed by atoms with van der Waals surface area (Å²) in [4.78, 5) is 12.3. The zero-order valence-corrected chi connectivity index (χ0v) is 14.5. The van der Waals surface area contributed by atoms with Crippen LogP contribution in [0.1, 0.15) is 28.3 Å². The van der Waals surface area contributed by atoms with Gasteiger partial charge in [0.2, 0.25) is 0 Å². The summed E-state index contributed by atoms with van der Waals surface area (Å²) in [5.74, 6) is 6.37. The van der Waals surface area contributed by atoms with Crippen LogP contribution in [0, 0.1) is 25.7 Å². The Morgan fingerprint density at radius 2 is 1.85 bits per heavy atom. The van der Waals surface area contributed by atoms with Gasteiger partial charge in [0.15, 0.2) is 0 Å². The van der Waals surface area contributed by atoms with Crippen molar-refractivity contribution in [2.45, 2.75) is 20.0 Å². The van der Waals surface area contributed by atoms with E-state index in [1.165, 1.54) is 17.7 Å². The van der Waals surface area contributed by atoms with Gasteiger partial charge in [-0.2, -0.15) is 13.2 Å². The Labute approximate surface area is 152 Å². The van der Waals surface area contributed by atoms with E-state index in [-0.39, 0.29) is 11.5 Å². The molecule has 3 rings (SSSR count). The molecule has 3 aromatic rings. The van der Waals surface area contributed by atoms with Crippen LogP contribution in [0.15, 0.2) is 36.7 Å². The van der Waals surface area contributed by atoms with Gasteiger partial charge in [-0.15, -0.1) is 0 Å². The highest BCUT2D eigenvalue weighted by Crippen LogP contribution is 2.30. The first-order valence-electron chi connectivity index (χ1n) is 7.48. The number of imidazole rings is 1. The molecule has 0 amide bonds. The van der Waals surface area contributed by atoms with Crippen LogP contribution in [0.2, 0.25) is 5.15 Å². The van der Waals surface area contributed by atoms with Gasteiger partial charge >= 0.3 is 6.18 Å². The highest BCUT2D eigenvalue weighted by Gasteiger charge is 2.31. The molecule has 8 heteroatoms. The molecule has 0 fully saturated rings. The number of rotatable bonds is 1. The summed E-state index contributed by atoms with van der Waals surface area (Å²) in [5, 5.41) is 0.321. The maximum atomic E-state index is 13.0. The molecule has 4 nitrogen and oxygen atoms in total.